The number of aromatic nitrogens is 1. The molecule has 1 aromatic heterocycles. The number of benzene rings is 2. The van der Waals surface area contributed by atoms with E-state index in [4.69, 9.17) is 4.52 Å². The third-order valence-electron chi connectivity index (χ3n) is 4.19. The third-order valence-corrected chi connectivity index (χ3v) is 5.90. The first kappa shape index (κ1) is 19.8. The Kier molecular flexibility index (Phi) is 5.91. The number of hydrogen-bond donors (Lipinski definition) is 2. The lowest BCUT2D eigenvalue weighted by Crippen LogP contribution is -2.35. The highest BCUT2D eigenvalue weighted by Crippen LogP contribution is 2.19. The summed E-state index contributed by atoms with van der Waals surface area (Å²) in [5.74, 6) is -0.0383. The van der Waals surface area contributed by atoms with E-state index in [1.165, 1.54) is 6.92 Å². The van der Waals surface area contributed by atoms with Crippen LogP contribution in [-0.4, -0.2) is 32.6 Å². The Hall–Kier alpha value is -2.97. The minimum absolute atomic E-state index is 0.0373. The second-order valence-electron chi connectivity index (χ2n) is 6.25. The van der Waals surface area contributed by atoms with Crippen molar-refractivity contribution in [2.24, 2.45) is 0 Å². The molecule has 0 bridgehead atoms. The van der Waals surface area contributed by atoms with Crippen molar-refractivity contribution in [3.63, 3.8) is 0 Å². The molecule has 1 heterocycles. The van der Waals surface area contributed by atoms with E-state index in [9.17, 15) is 13.2 Å². The molecular weight excluding hydrogens is 378 g/mol. The van der Waals surface area contributed by atoms with Crippen molar-refractivity contribution in [1.29, 1.82) is 0 Å². The van der Waals surface area contributed by atoms with Gasteiger partial charge in [-0.05, 0) is 37.1 Å². The van der Waals surface area contributed by atoms with Crippen LogP contribution in [0, 0.1) is 13.8 Å². The van der Waals surface area contributed by atoms with Crippen molar-refractivity contribution < 1.29 is 17.7 Å². The second-order valence-corrected chi connectivity index (χ2v) is 7.95. The largest absolute Gasteiger partial charge is 0.360 e. The van der Waals surface area contributed by atoms with Crippen molar-refractivity contribution in [3.05, 3.63) is 71.6 Å². The Balaban J connectivity index is 1.53. The fraction of sp³-hybridized carbons (Fsp3) is 0.200. The van der Waals surface area contributed by atoms with Crippen molar-refractivity contribution in [3.8, 4) is 11.1 Å². The maximum Gasteiger partial charge on any atom is 0.251 e. The third kappa shape index (κ3) is 4.47. The van der Waals surface area contributed by atoms with Gasteiger partial charge in [-0.25, -0.2) is 13.1 Å². The minimum Gasteiger partial charge on any atom is -0.360 e. The van der Waals surface area contributed by atoms with Crippen LogP contribution < -0.4 is 10.0 Å². The molecule has 0 spiro atoms. The van der Waals surface area contributed by atoms with Crippen LogP contribution in [0.4, 0.5) is 0 Å². The van der Waals surface area contributed by atoms with Gasteiger partial charge in [0.15, 0.2) is 5.76 Å². The molecule has 0 saturated heterocycles. The molecule has 3 aromatic rings. The van der Waals surface area contributed by atoms with E-state index in [0.29, 0.717) is 11.3 Å². The topological polar surface area (TPSA) is 101 Å². The molecule has 0 radical (unpaired) electrons. The van der Waals surface area contributed by atoms with Crippen molar-refractivity contribution in [2.45, 2.75) is 18.7 Å². The maximum absolute atomic E-state index is 12.3. The van der Waals surface area contributed by atoms with Gasteiger partial charge in [-0.3, -0.25) is 4.79 Å². The van der Waals surface area contributed by atoms with E-state index in [0.717, 1.165) is 11.1 Å². The van der Waals surface area contributed by atoms with E-state index in [2.05, 4.69) is 15.2 Å². The fourth-order valence-corrected chi connectivity index (χ4v) is 4.20. The number of carbonyl (C=O) groups is 1. The lowest BCUT2D eigenvalue weighted by Gasteiger charge is -2.08. The van der Waals surface area contributed by atoms with Crippen LogP contribution in [0.5, 0.6) is 0 Å². The number of nitrogens with one attached hydrogen (secondary N) is 2. The average molecular weight is 399 g/mol. The Morgan fingerprint density at radius 2 is 1.61 bits per heavy atom. The lowest BCUT2D eigenvalue weighted by molar-refractivity contribution is 0.0954. The second kappa shape index (κ2) is 8.37. The SMILES string of the molecule is Cc1noc(C)c1S(=O)(=O)NCCNC(=O)c1ccc(-c2ccccc2)cc1. The number of carbonyl (C=O) groups excluding carboxylic acids is 1. The quantitative estimate of drug-likeness (QED) is 0.595. The summed E-state index contributed by atoms with van der Waals surface area (Å²) >= 11 is 0. The van der Waals surface area contributed by atoms with Crippen LogP contribution >= 0.6 is 0 Å². The standard InChI is InChI=1S/C20H21N3O4S/c1-14-19(15(2)27-23-14)28(25,26)22-13-12-21-20(24)18-10-8-17(9-11-18)16-6-4-3-5-7-16/h3-11,22H,12-13H2,1-2H3,(H,21,24). The number of sulfonamides is 1. The Labute approximate surface area is 163 Å². The monoisotopic (exact) mass is 399 g/mol. The molecule has 0 fully saturated rings. The highest BCUT2D eigenvalue weighted by atomic mass is 32.2. The van der Waals surface area contributed by atoms with E-state index < -0.39 is 10.0 Å². The zero-order valence-electron chi connectivity index (χ0n) is 15.6. The number of amides is 1. The highest BCUT2D eigenvalue weighted by Gasteiger charge is 2.23. The minimum atomic E-state index is -3.73. The molecule has 0 aliphatic carbocycles. The summed E-state index contributed by atoms with van der Waals surface area (Å²) in [6.07, 6.45) is 0. The van der Waals surface area contributed by atoms with E-state index in [1.54, 1.807) is 19.1 Å². The normalized spacial score (nSPS) is 11.4. The number of aryl methyl sites for hydroxylation is 2. The first-order chi connectivity index (χ1) is 13.4. The Bertz CT molecular complexity index is 1040. The molecule has 3 rings (SSSR count). The van der Waals surface area contributed by atoms with Crippen molar-refractivity contribution in [2.75, 3.05) is 13.1 Å². The van der Waals surface area contributed by atoms with Gasteiger partial charge in [-0.15, -0.1) is 0 Å². The smallest absolute Gasteiger partial charge is 0.251 e. The summed E-state index contributed by atoms with van der Waals surface area (Å²) in [6.45, 7) is 3.31. The Morgan fingerprint density at radius 1 is 0.964 bits per heavy atom. The van der Waals surface area contributed by atoms with E-state index >= 15 is 0 Å². The molecule has 8 heteroatoms. The molecule has 146 valence electrons. The van der Waals surface area contributed by atoms with Gasteiger partial charge in [0, 0.05) is 18.7 Å². The molecule has 0 aliphatic rings. The molecule has 0 aliphatic heterocycles. The van der Waals surface area contributed by atoms with Crippen molar-refractivity contribution in [1.82, 2.24) is 15.2 Å². The van der Waals surface area contributed by atoms with Crippen LogP contribution in [0.25, 0.3) is 11.1 Å². The summed E-state index contributed by atoms with van der Waals surface area (Å²) in [7, 11) is -3.73. The molecule has 2 aromatic carbocycles. The van der Waals surface area contributed by atoms with Gasteiger partial charge in [-0.1, -0.05) is 47.6 Å². The molecule has 0 unspecified atom stereocenters. The first-order valence-corrected chi connectivity index (χ1v) is 10.2. The zero-order chi connectivity index (χ0) is 20.1. The van der Waals surface area contributed by atoms with Crippen LogP contribution in [0.15, 0.2) is 64.0 Å². The maximum atomic E-state index is 12.3. The summed E-state index contributed by atoms with van der Waals surface area (Å²) in [5, 5.41) is 6.34. The summed E-state index contributed by atoms with van der Waals surface area (Å²) in [4.78, 5) is 12.3. The van der Waals surface area contributed by atoms with Crippen LogP contribution in [0.1, 0.15) is 21.8 Å². The van der Waals surface area contributed by atoms with Crippen LogP contribution in [0.3, 0.4) is 0 Å². The first-order valence-electron chi connectivity index (χ1n) is 8.75. The van der Waals surface area contributed by atoms with Gasteiger partial charge in [-0.2, -0.15) is 0 Å². The number of rotatable bonds is 7. The molecule has 0 atom stereocenters. The fourth-order valence-electron chi connectivity index (χ4n) is 2.84. The van der Waals surface area contributed by atoms with E-state index in [1.807, 2.05) is 42.5 Å². The predicted molar refractivity (Wildman–Crippen MR) is 105 cm³/mol. The number of nitrogens with zero attached hydrogens (tertiary/aromatic N) is 1. The van der Waals surface area contributed by atoms with Gasteiger partial charge in [0.1, 0.15) is 10.6 Å². The lowest BCUT2D eigenvalue weighted by atomic mass is 10.0. The summed E-state index contributed by atoms with van der Waals surface area (Å²) in [6, 6.07) is 17.1. The predicted octanol–water partition coefficient (Wildman–Crippen LogP) is 2.67. The average Bonchev–Trinajstić information content (AvgIpc) is 3.05. The number of hydrogen-bond acceptors (Lipinski definition) is 5. The molecule has 0 saturated carbocycles. The molecular formula is C20H21N3O4S. The molecule has 2 N–H and O–H groups in total. The van der Waals surface area contributed by atoms with Gasteiger partial charge < -0.3 is 9.84 Å². The van der Waals surface area contributed by atoms with Gasteiger partial charge in [0.2, 0.25) is 10.0 Å². The van der Waals surface area contributed by atoms with Crippen LogP contribution in [0.2, 0.25) is 0 Å². The zero-order valence-corrected chi connectivity index (χ0v) is 16.4. The summed E-state index contributed by atoms with van der Waals surface area (Å²) in [5.41, 5.74) is 2.90. The van der Waals surface area contributed by atoms with Gasteiger partial charge in [0.05, 0.1) is 0 Å². The van der Waals surface area contributed by atoms with E-state index in [-0.39, 0.29) is 29.7 Å². The Morgan fingerprint density at radius 3 is 2.21 bits per heavy atom. The van der Waals surface area contributed by atoms with Gasteiger partial charge in [0.25, 0.3) is 5.91 Å². The summed E-state index contributed by atoms with van der Waals surface area (Å²) < 4.78 is 31.9. The van der Waals surface area contributed by atoms with Crippen LogP contribution in [-0.2, 0) is 10.0 Å². The molecule has 1 amide bonds. The molecule has 7 nitrogen and oxygen atoms in total. The van der Waals surface area contributed by atoms with Crippen molar-refractivity contribution >= 4 is 15.9 Å². The highest BCUT2D eigenvalue weighted by molar-refractivity contribution is 7.89. The molecule has 28 heavy (non-hydrogen) atoms. The van der Waals surface area contributed by atoms with Gasteiger partial charge >= 0.3 is 0 Å².